The molecule has 0 radical (unpaired) electrons. The predicted octanol–water partition coefficient (Wildman–Crippen LogP) is 1.35. The fraction of sp³-hybridized carbons (Fsp3) is 0.933. The van der Waals surface area contributed by atoms with Gasteiger partial charge in [0, 0.05) is 19.1 Å². The molecule has 0 aromatic rings. The topological polar surface area (TPSA) is 58.4 Å². The molecule has 110 valence electrons. The quantitative estimate of drug-likeness (QED) is 0.790. The number of nitrogens with zero attached hydrogens (tertiary/aromatic N) is 1. The molecule has 1 aliphatic carbocycles. The minimum atomic E-state index is -0.208. The molecule has 2 fully saturated rings. The first-order valence-electron chi connectivity index (χ1n) is 7.87. The van der Waals surface area contributed by atoms with E-state index in [9.17, 15) is 4.79 Å². The van der Waals surface area contributed by atoms with E-state index in [1.54, 1.807) is 0 Å². The Morgan fingerprint density at radius 3 is 2.68 bits per heavy atom. The van der Waals surface area contributed by atoms with Gasteiger partial charge in [-0.25, -0.2) is 0 Å². The fourth-order valence-electron chi connectivity index (χ4n) is 3.68. The van der Waals surface area contributed by atoms with Crippen molar-refractivity contribution in [3.8, 4) is 0 Å². The van der Waals surface area contributed by atoms with Crippen molar-refractivity contribution in [3.05, 3.63) is 0 Å². The molecule has 2 unspecified atom stereocenters. The van der Waals surface area contributed by atoms with Crippen molar-refractivity contribution in [1.29, 1.82) is 0 Å². The highest BCUT2D eigenvalue weighted by Gasteiger charge is 2.26. The maximum Gasteiger partial charge on any atom is 0.231 e. The molecule has 1 saturated heterocycles. The zero-order chi connectivity index (χ0) is 13.7. The van der Waals surface area contributed by atoms with Gasteiger partial charge in [0.1, 0.15) is 0 Å². The highest BCUT2D eigenvalue weighted by atomic mass is 16.1. The molecule has 1 saturated carbocycles. The number of hydrogen-bond donors (Lipinski definition) is 2. The summed E-state index contributed by atoms with van der Waals surface area (Å²) < 4.78 is 0. The number of primary amides is 1. The number of hydrogen-bond acceptors (Lipinski definition) is 3. The zero-order valence-electron chi connectivity index (χ0n) is 12.2. The predicted molar refractivity (Wildman–Crippen MR) is 77.8 cm³/mol. The number of carbonyl (C=O) groups excluding carboxylic acids is 1. The maximum absolute atomic E-state index is 11.0. The number of rotatable bonds is 5. The second-order valence-electron chi connectivity index (χ2n) is 6.61. The van der Waals surface area contributed by atoms with Crippen LogP contribution < -0.4 is 11.1 Å². The van der Waals surface area contributed by atoms with Crippen LogP contribution in [0.2, 0.25) is 0 Å². The number of nitrogens with two attached hydrogens (primary N) is 1. The smallest absolute Gasteiger partial charge is 0.231 e. The lowest BCUT2D eigenvalue weighted by Crippen LogP contribution is -2.51. The molecular formula is C15H29N3O. The van der Waals surface area contributed by atoms with Crippen molar-refractivity contribution in [1.82, 2.24) is 10.2 Å². The molecular weight excluding hydrogens is 238 g/mol. The van der Waals surface area contributed by atoms with Gasteiger partial charge in [0.25, 0.3) is 0 Å². The molecule has 4 nitrogen and oxygen atoms in total. The van der Waals surface area contributed by atoms with E-state index >= 15 is 0 Å². The van der Waals surface area contributed by atoms with Gasteiger partial charge in [0.05, 0.1) is 6.54 Å². The highest BCUT2D eigenvalue weighted by molar-refractivity contribution is 5.75. The lowest BCUT2D eigenvalue weighted by atomic mass is 9.88. The Labute approximate surface area is 117 Å². The molecule has 1 aliphatic heterocycles. The van der Waals surface area contributed by atoms with E-state index in [0.717, 1.165) is 25.6 Å². The largest absolute Gasteiger partial charge is 0.369 e. The van der Waals surface area contributed by atoms with Crippen LogP contribution in [-0.2, 0) is 4.79 Å². The molecule has 4 heteroatoms. The Hall–Kier alpha value is -0.610. The van der Waals surface area contributed by atoms with Gasteiger partial charge in [-0.1, -0.05) is 26.2 Å². The van der Waals surface area contributed by atoms with Crippen molar-refractivity contribution in [3.63, 3.8) is 0 Å². The summed E-state index contributed by atoms with van der Waals surface area (Å²) in [7, 11) is 0. The molecule has 1 heterocycles. The van der Waals surface area contributed by atoms with E-state index in [-0.39, 0.29) is 5.91 Å². The summed E-state index contributed by atoms with van der Waals surface area (Å²) in [6.07, 6.45) is 8.23. The molecule has 1 amide bonds. The van der Waals surface area contributed by atoms with Crippen LogP contribution in [0.1, 0.15) is 45.4 Å². The minimum Gasteiger partial charge on any atom is -0.369 e. The molecule has 2 aliphatic rings. The van der Waals surface area contributed by atoms with Crippen molar-refractivity contribution < 1.29 is 4.79 Å². The van der Waals surface area contributed by atoms with Crippen LogP contribution in [0.15, 0.2) is 0 Å². The van der Waals surface area contributed by atoms with Crippen molar-refractivity contribution >= 4 is 5.91 Å². The van der Waals surface area contributed by atoms with E-state index in [1.807, 2.05) is 0 Å². The second-order valence-corrected chi connectivity index (χ2v) is 6.61. The van der Waals surface area contributed by atoms with Crippen molar-refractivity contribution in [2.75, 3.05) is 26.2 Å². The lowest BCUT2D eigenvalue weighted by Gasteiger charge is -2.37. The van der Waals surface area contributed by atoms with Crippen LogP contribution in [0.4, 0.5) is 0 Å². The van der Waals surface area contributed by atoms with Gasteiger partial charge in [-0.2, -0.15) is 0 Å². The molecule has 0 spiro atoms. The van der Waals surface area contributed by atoms with Crippen LogP contribution in [-0.4, -0.2) is 43.0 Å². The van der Waals surface area contributed by atoms with Gasteiger partial charge in [-0.15, -0.1) is 0 Å². The van der Waals surface area contributed by atoms with Gasteiger partial charge < -0.3 is 11.1 Å². The number of nitrogens with one attached hydrogen (secondary N) is 1. The molecule has 0 aromatic heterocycles. The minimum absolute atomic E-state index is 0.208. The highest BCUT2D eigenvalue weighted by Crippen LogP contribution is 2.23. The average molecular weight is 267 g/mol. The number of carbonyl (C=O) groups is 1. The molecule has 2 rings (SSSR count). The first kappa shape index (κ1) is 14.8. The van der Waals surface area contributed by atoms with Crippen LogP contribution in [0.25, 0.3) is 0 Å². The first-order chi connectivity index (χ1) is 9.13. The molecule has 3 N–H and O–H groups in total. The third-order valence-corrected chi connectivity index (χ3v) is 4.53. The molecule has 0 bridgehead atoms. The molecule has 19 heavy (non-hydrogen) atoms. The Kier molecular flexibility index (Phi) is 5.64. The fourth-order valence-corrected chi connectivity index (χ4v) is 3.68. The Morgan fingerprint density at radius 2 is 2.00 bits per heavy atom. The third-order valence-electron chi connectivity index (χ3n) is 4.53. The number of amides is 1. The molecule has 0 aromatic carbocycles. The van der Waals surface area contributed by atoms with E-state index < -0.39 is 0 Å². The second kappa shape index (κ2) is 7.25. The van der Waals surface area contributed by atoms with Gasteiger partial charge in [-0.3, -0.25) is 9.69 Å². The van der Waals surface area contributed by atoms with Gasteiger partial charge >= 0.3 is 0 Å². The lowest BCUT2D eigenvalue weighted by molar-refractivity contribution is -0.119. The van der Waals surface area contributed by atoms with Gasteiger partial charge in [0.2, 0.25) is 5.91 Å². The number of likely N-dealkylation sites (tertiary alicyclic amines) is 1. The summed E-state index contributed by atoms with van der Waals surface area (Å²) in [6, 6.07) is 0.532. The first-order valence-corrected chi connectivity index (χ1v) is 7.87. The van der Waals surface area contributed by atoms with Crippen LogP contribution in [0.5, 0.6) is 0 Å². The zero-order valence-corrected chi connectivity index (χ0v) is 12.2. The summed E-state index contributed by atoms with van der Waals surface area (Å²) >= 11 is 0. The van der Waals surface area contributed by atoms with E-state index in [2.05, 4.69) is 17.1 Å². The van der Waals surface area contributed by atoms with E-state index in [4.69, 9.17) is 5.73 Å². The standard InChI is InChI=1S/C15H29N3O/c1-12-7-14(10-18(9-12)11-15(16)19)17-8-13-5-3-2-4-6-13/h12-14,17H,2-11H2,1H3,(H2,16,19). The average Bonchev–Trinajstić information content (AvgIpc) is 2.36. The van der Waals surface area contributed by atoms with Gasteiger partial charge in [0.15, 0.2) is 0 Å². The monoisotopic (exact) mass is 267 g/mol. The number of piperidine rings is 1. The summed E-state index contributed by atoms with van der Waals surface area (Å²) in [5.74, 6) is 1.31. The van der Waals surface area contributed by atoms with Crippen LogP contribution in [0.3, 0.4) is 0 Å². The Balaban J connectivity index is 1.73. The summed E-state index contributed by atoms with van der Waals surface area (Å²) in [5, 5.41) is 3.73. The SMILES string of the molecule is CC1CC(NCC2CCCCC2)CN(CC(N)=O)C1. The normalized spacial score (nSPS) is 30.4. The summed E-state index contributed by atoms with van der Waals surface area (Å²) in [4.78, 5) is 13.2. The Bertz CT molecular complexity index is 289. The maximum atomic E-state index is 11.0. The van der Waals surface area contributed by atoms with Crippen LogP contribution >= 0.6 is 0 Å². The Morgan fingerprint density at radius 1 is 1.26 bits per heavy atom. The van der Waals surface area contributed by atoms with Crippen LogP contribution in [0, 0.1) is 11.8 Å². The molecule has 2 atom stereocenters. The van der Waals surface area contributed by atoms with Crippen molar-refractivity contribution in [2.45, 2.75) is 51.5 Å². The van der Waals surface area contributed by atoms with E-state index in [0.29, 0.717) is 18.5 Å². The summed E-state index contributed by atoms with van der Waals surface area (Å²) in [5.41, 5.74) is 5.30. The summed E-state index contributed by atoms with van der Waals surface area (Å²) in [6.45, 7) is 5.81. The third kappa shape index (κ3) is 5.11. The van der Waals surface area contributed by atoms with Gasteiger partial charge in [-0.05, 0) is 37.6 Å². The van der Waals surface area contributed by atoms with E-state index in [1.165, 1.54) is 38.5 Å². The van der Waals surface area contributed by atoms with Crippen molar-refractivity contribution in [2.24, 2.45) is 17.6 Å².